The van der Waals surface area contributed by atoms with Gasteiger partial charge in [-0.1, -0.05) is 201 Å². The van der Waals surface area contributed by atoms with Crippen LogP contribution in [0, 0.1) is 0 Å². The molecule has 11 rings (SSSR count). The van der Waals surface area contributed by atoms with Crippen LogP contribution >= 0.6 is 0 Å². The molecule has 2 nitrogen and oxygen atoms in total. The first-order valence-electron chi connectivity index (χ1n) is 23.2. The van der Waals surface area contributed by atoms with Crippen molar-refractivity contribution in [3.8, 4) is 39.1 Å². The fourth-order valence-electron chi connectivity index (χ4n) is 10.7. The van der Waals surface area contributed by atoms with E-state index in [1.165, 1.54) is 88.2 Å². The predicted molar refractivity (Wildman–Crippen MR) is 279 cm³/mol. The second kappa shape index (κ2) is 15.0. The Morgan fingerprint density at radius 3 is 1.72 bits per heavy atom. The second-order valence-corrected chi connectivity index (χ2v) is 20.6. The first-order chi connectivity index (χ1) is 31.3. The maximum atomic E-state index is 2.52. The van der Waals surface area contributed by atoms with E-state index in [4.69, 9.17) is 0 Å². The van der Waals surface area contributed by atoms with Crippen molar-refractivity contribution in [3.63, 3.8) is 0 Å². The molecule has 0 spiro atoms. The van der Waals surface area contributed by atoms with Crippen LogP contribution in [0.4, 0.5) is 17.1 Å². The number of rotatable bonds is 6. The van der Waals surface area contributed by atoms with Gasteiger partial charge < -0.3 is 9.47 Å². The van der Waals surface area contributed by atoms with Crippen LogP contribution in [0.5, 0.6) is 0 Å². The summed E-state index contributed by atoms with van der Waals surface area (Å²) in [5.41, 5.74) is 19.9. The lowest BCUT2D eigenvalue weighted by atomic mass is 9.74. The van der Waals surface area contributed by atoms with E-state index in [1.54, 1.807) is 0 Å². The first kappa shape index (κ1) is 40.6. The summed E-state index contributed by atoms with van der Waals surface area (Å²) in [6.07, 6.45) is 0. The molecule has 0 aliphatic heterocycles. The first-order valence-corrected chi connectivity index (χ1v) is 23.2. The van der Waals surface area contributed by atoms with E-state index in [0.29, 0.717) is 0 Å². The number of benzene rings is 9. The molecule has 0 saturated carbocycles. The molecule has 0 unspecified atom stereocenters. The summed E-state index contributed by atoms with van der Waals surface area (Å²) in [6, 6.07) is 72.3. The van der Waals surface area contributed by atoms with Gasteiger partial charge in [-0.05, 0) is 120 Å². The highest BCUT2D eigenvalue weighted by atomic mass is 15.1. The maximum absolute atomic E-state index is 2.52. The zero-order chi connectivity index (χ0) is 44.8. The van der Waals surface area contributed by atoms with E-state index in [1.807, 2.05) is 0 Å². The van der Waals surface area contributed by atoms with Crippen LogP contribution < -0.4 is 4.90 Å². The SMILES string of the molecule is CC(C)(C)c1cc(C(C)(C)C)c2c(c1)C(C)(C)c1cccc(-c3ccccc3N(c3ccc(-c4cccc5ccccc45)cc3)c3cccc(-n4c5ccccc5c5ccccc54)c3)c1-2. The van der Waals surface area contributed by atoms with E-state index >= 15 is 0 Å². The van der Waals surface area contributed by atoms with Crippen molar-refractivity contribution in [2.24, 2.45) is 0 Å². The highest BCUT2D eigenvalue weighted by Crippen LogP contribution is 2.57. The van der Waals surface area contributed by atoms with Gasteiger partial charge in [-0.15, -0.1) is 0 Å². The summed E-state index contributed by atoms with van der Waals surface area (Å²) >= 11 is 0. The number of fused-ring (bicyclic) bond motifs is 7. The molecule has 0 amide bonds. The highest BCUT2D eigenvalue weighted by Gasteiger charge is 2.41. The molecule has 0 bridgehead atoms. The third-order valence-electron chi connectivity index (χ3n) is 14.1. The van der Waals surface area contributed by atoms with Gasteiger partial charge in [-0.2, -0.15) is 0 Å². The summed E-state index contributed by atoms with van der Waals surface area (Å²) in [7, 11) is 0. The molecule has 0 atom stereocenters. The molecule has 0 radical (unpaired) electrons. The smallest absolute Gasteiger partial charge is 0.0541 e. The maximum Gasteiger partial charge on any atom is 0.0541 e. The van der Waals surface area contributed by atoms with E-state index in [0.717, 1.165) is 22.7 Å². The van der Waals surface area contributed by atoms with Crippen molar-refractivity contribution in [1.82, 2.24) is 4.57 Å². The minimum Gasteiger partial charge on any atom is -0.310 e. The summed E-state index contributed by atoms with van der Waals surface area (Å²) in [6.45, 7) is 19.0. The van der Waals surface area contributed by atoms with E-state index < -0.39 is 0 Å². The van der Waals surface area contributed by atoms with Gasteiger partial charge in [0.25, 0.3) is 0 Å². The molecular weight excluding hydrogens is 785 g/mol. The topological polar surface area (TPSA) is 8.17 Å². The van der Waals surface area contributed by atoms with Gasteiger partial charge in [0.2, 0.25) is 0 Å². The minimum absolute atomic E-state index is 0.0206. The molecule has 10 aromatic rings. The average Bonchev–Trinajstić information content (AvgIpc) is 3.77. The normalized spacial score (nSPS) is 13.4. The number of anilines is 3. The van der Waals surface area contributed by atoms with Crippen molar-refractivity contribution >= 4 is 49.6 Å². The van der Waals surface area contributed by atoms with Gasteiger partial charge in [0.15, 0.2) is 0 Å². The number of nitrogens with zero attached hydrogens (tertiary/aromatic N) is 2. The highest BCUT2D eigenvalue weighted by molar-refractivity contribution is 6.09. The Balaban J connectivity index is 1.15. The number of hydrogen-bond donors (Lipinski definition) is 0. The van der Waals surface area contributed by atoms with Crippen LogP contribution in [0.2, 0.25) is 0 Å². The fourth-order valence-corrected chi connectivity index (χ4v) is 10.7. The van der Waals surface area contributed by atoms with Crippen molar-refractivity contribution < 1.29 is 0 Å². The number of para-hydroxylation sites is 3. The number of aromatic nitrogens is 1. The van der Waals surface area contributed by atoms with Crippen LogP contribution in [-0.4, -0.2) is 4.57 Å². The monoisotopic (exact) mass is 840 g/mol. The molecule has 2 heteroatoms. The van der Waals surface area contributed by atoms with Crippen molar-refractivity contribution in [2.75, 3.05) is 4.90 Å². The lowest BCUT2D eigenvalue weighted by Crippen LogP contribution is -2.21. The van der Waals surface area contributed by atoms with Crippen LogP contribution in [0.3, 0.4) is 0 Å². The van der Waals surface area contributed by atoms with Crippen molar-refractivity contribution in [3.05, 3.63) is 216 Å². The predicted octanol–water partition coefficient (Wildman–Crippen LogP) is 17.6. The molecule has 9 aromatic carbocycles. The van der Waals surface area contributed by atoms with Crippen LogP contribution in [-0.2, 0) is 16.2 Å². The second-order valence-electron chi connectivity index (χ2n) is 20.6. The zero-order valence-corrected chi connectivity index (χ0v) is 38.9. The molecule has 1 aliphatic rings. The van der Waals surface area contributed by atoms with Crippen LogP contribution in [0.25, 0.3) is 71.6 Å². The molecule has 0 N–H and O–H groups in total. The Morgan fingerprint density at radius 1 is 0.431 bits per heavy atom. The van der Waals surface area contributed by atoms with E-state index in [9.17, 15) is 0 Å². The fraction of sp³-hybridized carbons (Fsp3) is 0.175. The zero-order valence-electron chi connectivity index (χ0n) is 38.9. The van der Waals surface area contributed by atoms with Gasteiger partial charge >= 0.3 is 0 Å². The largest absolute Gasteiger partial charge is 0.310 e. The third-order valence-corrected chi connectivity index (χ3v) is 14.1. The molecule has 1 aromatic heterocycles. The Bertz CT molecular complexity index is 3420. The average molecular weight is 841 g/mol. The molecule has 1 aliphatic carbocycles. The van der Waals surface area contributed by atoms with E-state index in [-0.39, 0.29) is 16.2 Å². The molecule has 1 heterocycles. The summed E-state index contributed by atoms with van der Waals surface area (Å²) in [5, 5.41) is 5.01. The molecule has 0 saturated heterocycles. The Labute approximate surface area is 384 Å². The molecule has 65 heavy (non-hydrogen) atoms. The summed E-state index contributed by atoms with van der Waals surface area (Å²) in [4.78, 5) is 2.48. The Kier molecular flexibility index (Phi) is 9.35. The van der Waals surface area contributed by atoms with E-state index in [2.05, 4.69) is 259 Å². The van der Waals surface area contributed by atoms with Gasteiger partial charge in [-0.3, -0.25) is 0 Å². The summed E-state index contributed by atoms with van der Waals surface area (Å²) in [5.74, 6) is 0. The lowest BCUT2D eigenvalue weighted by molar-refractivity contribution is 0.564. The molecule has 318 valence electrons. The van der Waals surface area contributed by atoms with Crippen LogP contribution in [0.1, 0.15) is 77.6 Å². The quantitative estimate of drug-likeness (QED) is 0.162. The third kappa shape index (κ3) is 6.61. The van der Waals surface area contributed by atoms with Crippen molar-refractivity contribution in [1.29, 1.82) is 0 Å². The lowest BCUT2D eigenvalue weighted by Gasteiger charge is -2.31. The Hall–Kier alpha value is -7.16. The molecular formula is C63H56N2. The molecule has 0 fully saturated rings. The van der Waals surface area contributed by atoms with Crippen molar-refractivity contribution in [2.45, 2.75) is 71.6 Å². The van der Waals surface area contributed by atoms with Gasteiger partial charge in [-0.25, -0.2) is 0 Å². The van der Waals surface area contributed by atoms with Crippen LogP contribution in [0.15, 0.2) is 194 Å². The number of hydrogen-bond acceptors (Lipinski definition) is 1. The van der Waals surface area contributed by atoms with Gasteiger partial charge in [0.05, 0.1) is 16.7 Å². The summed E-state index contributed by atoms with van der Waals surface area (Å²) < 4.78 is 2.42. The van der Waals surface area contributed by atoms with Gasteiger partial charge in [0, 0.05) is 38.8 Å². The standard InChI is InChI=1S/C63H56N2/c1-61(2,3)43-38-54(62(4,5)6)60-55(39-43)63(7,8)53-30-19-29-52(59(53)60)51-27-13-14-31-56(51)64(44-36-34-42(35-37-44)48-28-17-21-41-20-9-10-24-47(41)48)45-22-18-23-46(40-45)65-57-32-15-11-25-49(57)50-26-12-16-33-58(50)65/h9-40H,1-8H3. The van der Waals surface area contributed by atoms with Gasteiger partial charge in [0.1, 0.15) is 0 Å². The Morgan fingerprint density at radius 2 is 1.02 bits per heavy atom. The minimum atomic E-state index is -0.176.